The number of hydrogen-bond acceptors (Lipinski definition) is 4. The molecule has 0 atom stereocenters. The number of halogens is 3. The number of nitrogens with zero attached hydrogens (tertiary/aromatic N) is 2. The molecule has 1 heterocycles. The minimum atomic E-state index is -0.775. The summed E-state index contributed by atoms with van der Waals surface area (Å²) >= 11 is 5.54. The van der Waals surface area contributed by atoms with Gasteiger partial charge in [-0.15, -0.1) is 0 Å². The number of anilines is 2. The molecule has 2 aromatic rings. The summed E-state index contributed by atoms with van der Waals surface area (Å²) in [7, 11) is 0. The van der Waals surface area contributed by atoms with E-state index in [4.69, 9.17) is 11.6 Å². The lowest BCUT2D eigenvalue weighted by Gasteiger charge is -2.35. The molecule has 0 radical (unpaired) electrons. The zero-order valence-corrected chi connectivity index (χ0v) is 17.1. The molecule has 1 saturated heterocycles. The van der Waals surface area contributed by atoms with E-state index >= 15 is 0 Å². The van der Waals surface area contributed by atoms with E-state index in [2.05, 4.69) is 5.32 Å². The molecule has 0 aromatic heterocycles. The first-order chi connectivity index (χ1) is 14.4. The Morgan fingerprint density at radius 1 is 1.00 bits per heavy atom. The first-order valence-corrected chi connectivity index (χ1v) is 10.3. The van der Waals surface area contributed by atoms with E-state index < -0.39 is 16.7 Å². The van der Waals surface area contributed by atoms with Gasteiger partial charge in [0.25, 0.3) is 0 Å². The van der Waals surface area contributed by atoms with Crippen LogP contribution in [0.3, 0.4) is 0 Å². The fraction of sp³-hybridized carbons (Fsp3) is 0.364. The Morgan fingerprint density at radius 3 is 2.40 bits per heavy atom. The molecular formula is C22H22ClF2N3O2. The number of ketones is 1. The maximum Gasteiger partial charge on any atom is 0.238 e. The van der Waals surface area contributed by atoms with E-state index in [1.54, 1.807) is 0 Å². The zero-order chi connectivity index (χ0) is 21.3. The van der Waals surface area contributed by atoms with Crippen molar-refractivity contribution in [2.45, 2.75) is 19.3 Å². The summed E-state index contributed by atoms with van der Waals surface area (Å²) in [6.45, 7) is 2.56. The van der Waals surface area contributed by atoms with Crippen molar-refractivity contribution in [3.8, 4) is 0 Å². The molecule has 5 nitrogen and oxygen atoms in total. The SMILES string of the molecule is O=C1CCc2cc(NC(=O)CN3CCN(c4cc(F)c(Cl)c(F)c4)CC3)ccc2C1. The second-order valence-electron chi connectivity index (χ2n) is 7.73. The van der Waals surface area contributed by atoms with Crippen molar-refractivity contribution in [2.24, 2.45) is 0 Å². The Labute approximate surface area is 178 Å². The van der Waals surface area contributed by atoms with Gasteiger partial charge in [-0.2, -0.15) is 0 Å². The third-order valence-electron chi connectivity index (χ3n) is 5.62. The Hall–Kier alpha value is -2.51. The average Bonchev–Trinajstić information content (AvgIpc) is 2.72. The fourth-order valence-corrected chi connectivity index (χ4v) is 4.09. The molecular weight excluding hydrogens is 412 g/mol. The lowest BCUT2D eigenvalue weighted by Crippen LogP contribution is -2.48. The van der Waals surface area contributed by atoms with Crippen molar-refractivity contribution in [2.75, 3.05) is 42.9 Å². The van der Waals surface area contributed by atoms with Gasteiger partial charge in [0.1, 0.15) is 22.4 Å². The maximum absolute atomic E-state index is 13.7. The highest BCUT2D eigenvalue weighted by Crippen LogP contribution is 2.26. The van der Waals surface area contributed by atoms with Crippen LogP contribution < -0.4 is 10.2 Å². The summed E-state index contributed by atoms with van der Waals surface area (Å²) in [6, 6.07) is 8.15. The van der Waals surface area contributed by atoms with Crippen molar-refractivity contribution >= 4 is 34.7 Å². The molecule has 4 rings (SSSR count). The van der Waals surface area contributed by atoms with Gasteiger partial charge in [0.15, 0.2) is 0 Å². The van der Waals surface area contributed by atoms with E-state index in [-0.39, 0.29) is 18.2 Å². The van der Waals surface area contributed by atoms with Crippen molar-refractivity contribution in [3.05, 3.63) is 58.1 Å². The molecule has 1 aliphatic carbocycles. The van der Waals surface area contributed by atoms with Crippen molar-refractivity contribution in [1.82, 2.24) is 4.90 Å². The number of benzene rings is 2. The Kier molecular flexibility index (Phi) is 6.01. The van der Waals surface area contributed by atoms with E-state index in [1.807, 2.05) is 28.0 Å². The Balaban J connectivity index is 1.30. The van der Waals surface area contributed by atoms with E-state index in [1.165, 1.54) is 12.1 Å². The van der Waals surface area contributed by atoms with Gasteiger partial charge in [0, 0.05) is 50.4 Å². The van der Waals surface area contributed by atoms with Gasteiger partial charge < -0.3 is 10.2 Å². The number of fused-ring (bicyclic) bond motifs is 1. The van der Waals surface area contributed by atoms with Crippen LogP contribution in [0.25, 0.3) is 0 Å². The van der Waals surface area contributed by atoms with Crippen LogP contribution in [0.5, 0.6) is 0 Å². The number of carbonyl (C=O) groups excluding carboxylic acids is 2. The Bertz CT molecular complexity index is 967. The summed E-state index contributed by atoms with van der Waals surface area (Å²) in [6.07, 6.45) is 1.73. The van der Waals surface area contributed by atoms with Crippen molar-refractivity contribution in [3.63, 3.8) is 0 Å². The minimum absolute atomic E-state index is 0.112. The number of piperazine rings is 1. The third-order valence-corrected chi connectivity index (χ3v) is 5.99. The van der Waals surface area contributed by atoms with Gasteiger partial charge in [-0.1, -0.05) is 17.7 Å². The van der Waals surface area contributed by atoms with Crippen LogP contribution in [0.2, 0.25) is 5.02 Å². The lowest BCUT2D eigenvalue weighted by molar-refractivity contribution is -0.119. The number of hydrogen-bond donors (Lipinski definition) is 1. The first kappa shape index (κ1) is 20.8. The van der Waals surface area contributed by atoms with E-state index in [9.17, 15) is 18.4 Å². The predicted molar refractivity (Wildman–Crippen MR) is 112 cm³/mol. The zero-order valence-electron chi connectivity index (χ0n) is 16.4. The van der Waals surface area contributed by atoms with Crippen LogP contribution in [0.1, 0.15) is 17.5 Å². The molecule has 0 unspecified atom stereocenters. The monoisotopic (exact) mass is 433 g/mol. The first-order valence-electron chi connectivity index (χ1n) is 9.94. The molecule has 1 amide bonds. The van der Waals surface area contributed by atoms with Crippen LogP contribution in [-0.4, -0.2) is 49.3 Å². The number of carbonyl (C=O) groups is 2. The molecule has 8 heteroatoms. The molecule has 1 fully saturated rings. The van der Waals surface area contributed by atoms with Gasteiger partial charge in [0.05, 0.1) is 6.54 Å². The number of aryl methyl sites for hydroxylation is 1. The van der Waals surface area contributed by atoms with Crippen molar-refractivity contribution < 1.29 is 18.4 Å². The van der Waals surface area contributed by atoms with Gasteiger partial charge in [-0.25, -0.2) is 8.78 Å². The minimum Gasteiger partial charge on any atom is -0.369 e. The summed E-state index contributed by atoms with van der Waals surface area (Å²) in [5, 5.41) is 2.42. The molecule has 158 valence electrons. The normalized spacial score (nSPS) is 17.0. The predicted octanol–water partition coefficient (Wildman–Crippen LogP) is 3.44. The van der Waals surface area contributed by atoms with E-state index in [0.717, 1.165) is 16.8 Å². The van der Waals surface area contributed by atoms with Crippen LogP contribution in [0, 0.1) is 11.6 Å². The van der Waals surface area contributed by atoms with E-state index in [0.29, 0.717) is 51.1 Å². The quantitative estimate of drug-likeness (QED) is 0.750. The van der Waals surface area contributed by atoms with Gasteiger partial charge in [-0.05, 0) is 41.8 Å². The highest BCUT2D eigenvalue weighted by atomic mass is 35.5. The van der Waals surface area contributed by atoms with Crippen LogP contribution >= 0.6 is 11.6 Å². The molecule has 1 aliphatic heterocycles. The maximum atomic E-state index is 13.7. The fourth-order valence-electron chi connectivity index (χ4n) is 3.98. The topological polar surface area (TPSA) is 52.7 Å². The second kappa shape index (κ2) is 8.70. The summed E-state index contributed by atoms with van der Waals surface area (Å²) < 4.78 is 27.4. The number of amides is 1. The Morgan fingerprint density at radius 2 is 1.70 bits per heavy atom. The average molecular weight is 434 g/mol. The lowest BCUT2D eigenvalue weighted by atomic mass is 9.90. The van der Waals surface area contributed by atoms with Gasteiger partial charge in [-0.3, -0.25) is 14.5 Å². The largest absolute Gasteiger partial charge is 0.369 e. The standard InChI is InChI=1S/C22H22ClF2N3O2/c23-22-19(24)11-17(12-20(22)25)28-7-5-27(6-8-28)13-21(30)26-16-3-1-15-10-18(29)4-2-14(15)9-16/h1,3,9,11-12H,2,4-8,10,13H2,(H,26,30). The number of rotatable bonds is 4. The molecule has 0 saturated carbocycles. The van der Waals surface area contributed by atoms with Crippen molar-refractivity contribution in [1.29, 1.82) is 0 Å². The summed E-state index contributed by atoms with van der Waals surface area (Å²) in [5.41, 5.74) is 3.34. The summed E-state index contributed by atoms with van der Waals surface area (Å²) in [4.78, 5) is 27.9. The molecule has 2 aliphatic rings. The van der Waals surface area contributed by atoms with Crippen LogP contribution in [-0.2, 0) is 22.4 Å². The second-order valence-corrected chi connectivity index (χ2v) is 8.11. The smallest absolute Gasteiger partial charge is 0.238 e. The molecule has 2 aromatic carbocycles. The molecule has 0 bridgehead atoms. The highest BCUT2D eigenvalue weighted by Gasteiger charge is 2.22. The highest BCUT2D eigenvalue weighted by molar-refractivity contribution is 6.31. The van der Waals surface area contributed by atoms with Crippen LogP contribution in [0.15, 0.2) is 30.3 Å². The summed E-state index contributed by atoms with van der Waals surface area (Å²) in [5.74, 6) is -1.41. The van der Waals surface area contributed by atoms with Gasteiger partial charge >= 0.3 is 0 Å². The molecule has 0 spiro atoms. The van der Waals surface area contributed by atoms with Crippen LogP contribution in [0.4, 0.5) is 20.2 Å². The van der Waals surface area contributed by atoms with Gasteiger partial charge in [0.2, 0.25) is 5.91 Å². The third kappa shape index (κ3) is 4.63. The molecule has 30 heavy (non-hydrogen) atoms. The number of nitrogens with one attached hydrogen (secondary N) is 1. The number of Topliss-reactive ketones (excluding diaryl/α,β-unsaturated/α-hetero) is 1. The molecule has 1 N–H and O–H groups in total.